The fourth-order valence-corrected chi connectivity index (χ4v) is 3.27. The number of hydrogen-bond acceptors (Lipinski definition) is 7. The number of aryl methyl sites for hydroxylation is 1. The number of amides is 1. The molecule has 0 spiro atoms. The Bertz CT molecular complexity index is 702. The van der Waals surface area contributed by atoms with Crippen molar-refractivity contribution in [2.24, 2.45) is 0 Å². The lowest BCUT2D eigenvalue weighted by molar-refractivity contribution is -0.384. The van der Waals surface area contributed by atoms with Gasteiger partial charge in [-0.05, 0) is 13.0 Å². The molecule has 0 atom stereocenters. The summed E-state index contributed by atoms with van der Waals surface area (Å²) in [6, 6.07) is 4.04. The molecule has 0 saturated carbocycles. The molecule has 7 nitrogen and oxygen atoms in total. The molecule has 2 rings (SSSR count). The molecule has 1 heterocycles. The average Bonchev–Trinajstić information content (AvgIpc) is 2.90. The van der Waals surface area contributed by atoms with E-state index in [1.54, 1.807) is 0 Å². The minimum atomic E-state index is -0.526. The van der Waals surface area contributed by atoms with Gasteiger partial charge in [0, 0.05) is 23.2 Å². The molecule has 1 amide bonds. The van der Waals surface area contributed by atoms with Crippen LogP contribution in [0.4, 0.5) is 11.4 Å². The van der Waals surface area contributed by atoms with E-state index in [4.69, 9.17) is 4.74 Å². The van der Waals surface area contributed by atoms with Gasteiger partial charge >= 0.3 is 0 Å². The molecule has 0 radical (unpaired) electrons. The van der Waals surface area contributed by atoms with Gasteiger partial charge in [-0.3, -0.25) is 14.9 Å². The maximum atomic E-state index is 12.0. The number of non-ortho nitro benzene ring substituents is 1. The highest BCUT2D eigenvalue weighted by atomic mass is 32.2. The summed E-state index contributed by atoms with van der Waals surface area (Å²) < 4.78 is 5.90. The van der Waals surface area contributed by atoms with Gasteiger partial charge in [0.15, 0.2) is 4.34 Å². The van der Waals surface area contributed by atoms with Crippen LogP contribution in [0.15, 0.2) is 27.9 Å². The highest BCUT2D eigenvalue weighted by molar-refractivity contribution is 8.01. The lowest BCUT2D eigenvalue weighted by atomic mass is 10.2. The summed E-state index contributed by atoms with van der Waals surface area (Å²) in [7, 11) is 1.43. The third-order valence-corrected chi connectivity index (χ3v) is 4.73. The third-order valence-electron chi connectivity index (χ3n) is 2.59. The fraction of sp³-hybridized carbons (Fsp3) is 0.231. The lowest BCUT2D eigenvalue weighted by Crippen LogP contribution is -2.14. The Morgan fingerprint density at radius 2 is 2.32 bits per heavy atom. The molecular formula is C13H13N3O4S2. The average molecular weight is 339 g/mol. The summed E-state index contributed by atoms with van der Waals surface area (Å²) in [4.78, 5) is 26.5. The molecule has 1 aromatic carbocycles. The largest absolute Gasteiger partial charge is 0.495 e. The fourth-order valence-electron chi connectivity index (χ4n) is 1.62. The highest BCUT2D eigenvalue weighted by Crippen LogP contribution is 2.29. The van der Waals surface area contributed by atoms with Crippen molar-refractivity contribution >= 4 is 40.4 Å². The number of carbonyl (C=O) groups is 1. The van der Waals surface area contributed by atoms with E-state index >= 15 is 0 Å². The molecule has 0 aliphatic rings. The van der Waals surface area contributed by atoms with E-state index in [9.17, 15) is 14.9 Å². The van der Waals surface area contributed by atoms with Crippen molar-refractivity contribution in [1.82, 2.24) is 4.98 Å². The number of anilines is 1. The molecule has 0 unspecified atom stereocenters. The molecule has 0 fully saturated rings. The molecule has 0 aliphatic heterocycles. The summed E-state index contributed by atoms with van der Waals surface area (Å²) >= 11 is 2.78. The molecule has 2 aromatic rings. The zero-order chi connectivity index (χ0) is 16.1. The molecule has 1 aromatic heterocycles. The first kappa shape index (κ1) is 16.2. The summed E-state index contributed by atoms with van der Waals surface area (Å²) in [6.45, 7) is 1.88. The smallest absolute Gasteiger partial charge is 0.271 e. The molecule has 1 N–H and O–H groups in total. The van der Waals surface area contributed by atoms with E-state index in [0.29, 0.717) is 5.75 Å². The monoisotopic (exact) mass is 339 g/mol. The number of aromatic nitrogens is 1. The SMILES string of the molecule is COc1ccc([N+](=O)[O-])cc1NC(=O)CSc1nc(C)cs1. The minimum Gasteiger partial charge on any atom is -0.495 e. The summed E-state index contributed by atoms with van der Waals surface area (Å²) in [5.41, 5.74) is 1.07. The Balaban J connectivity index is 2.03. The van der Waals surface area contributed by atoms with Gasteiger partial charge in [0.1, 0.15) is 5.75 Å². The summed E-state index contributed by atoms with van der Waals surface area (Å²) in [5.74, 6) is 0.254. The molecule has 0 aliphatic carbocycles. The molecule has 0 saturated heterocycles. The number of nitrogens with one attached hydrogen (secondary N) is 1. The molecule has 116 valence electrons. The van der Waals surface area contributed by atoms with Crippen LogP contribution in [0.1, 0.15) is 5.69 Å². The zero-order valence-corrected chi connectivity index (χ0v) is 13.5. The van der Waals surface area contributed by atoms with Crippen LogP contribution >= 0.6 is 23.1 Å². The molecule has 9 heteroatoms. The normalized spacial score (nSPS) is 10.3. The lowest BCUT2D eigenvalue weighted by Gasteiger charge is -2.09. The number of nitrogens with zero attached hydrogens (tertiary/aromatic N) is 2. The number of nitro benzene ring substituents is 1. The van der Waals surface area contributed by atoms with Crippen LogP contribution in [0.2, 0.25) is 0 Å². The number of benzene rings is 1. The number of rotatable bonds is 6. The van der Waals surface area contributed by atoms with E-state index in [-0.39, 0.29) is 23.0 Å². The van der Waals surface area contributed by atoms with Crippen LogP contribution in [0.25, 0.3) is 0 Å². The van der Waals surface area contributed by atoms with Crippen LogP contribution in [-0.4, -0.2) is 28.7 Å². The number of methoxy groups -OCH3 is 1. The second-order valence-corrected chi connectivity index (χ2v) is 6.31. The van der Waals surface area contributed by atoms with Crippen molar-refractivity contribution in [3.8, 4) is 5.75 Å². The summed E-state index contributed by atoms with van der Waals surface area (Å²) in [6.07, 6.45) is 0. The molecular weight excluding hydrogens is 326 g/mol. The Morgan fingerprint density at radius 3 is 2.91 bits per heavy atom. The minimum absolute atomic E-state index is 0.112. The van der Waals surface area contributed by atoms with Crippen molar-refractivity contribution in [3.05, 3.63) is 39.4 Å². The number of carbonyl (C=O) groups excluding carboxylic acids is 1. The van der Waals surface area contributed by atoms with Crippen molar-refractivity contribution in [3.63, 3.8) is 0 Å². The number of hydrogen-bond donors (Lipinski definition) is 1. The maximum Gasteiger partial charge on any atom is 0.271 e. The topological polar surface area (TPSA) is 94.4 Å². The van der Waals surface area contributed by atoms with Crippen molar-refractivity contribution in [2.45, 2.75) is 11.3 Å². The van der Waals surface area contributed by atoms with Crippen LogP contribution < -0.4 is 10.1 Å². The van der Waals surface area contributed by atoms with E-state index in [1.807, 2.05) is 12.3 Å². The van der Waals surface area contributed by atoms with Gasteiger partial charge in [-0.15, -0.1) is 11.3 Å². The number of nitro groups is 1. The van der Waals surface area contributed by atoms with Gasteiger partial charge in [-0.2, -0.15) is 0 Å². The predicted molar refractivity (Wildman–Crippen MR) is 85.9 cm³/mol. The van der Waals surface area contributed by atoms with Gasteiger partial charge < -0.3 is 10.1 Å². The molecule has 0 bridgehead atoms. The second kappa shape index (κ2) is 7.23. The van der Waals surface area contributed by atoms with Crippen LogP contribution in [0, 0.1) is 17.0 Å². The van der Waals surface area contributed by atoms with Gasteiger partial charge in [0.2, 0.25) is 5.91 Å². The maximum absolute atomic E-state index is 12.0. The Kier molecular flexibility index (Phi) is 5.34. The zero-order valence-electron chi connectivity index (χ0n) is 11.9. The van der Waals surface area contributed by atoms with Gasteiger partial charge in [-0.25, -0.2) is 4.98 Å². The van der Waals surface area contributed by atoms with Gasteiger partial charge in [0.25, 0.3) is 5.69 Å². The number of thiazole rings is 1. The van der Waals surface area contributed by atoms with Gasteiger partial charge in [-0.1, -0.05) is 11.8 Å². The Labute approximate surface area is 134 Å². The number of ether oxygens (including phenoxy) is 1. The standard InChI is InChI=1S/C13H13N3O4S2/c1-8-6-21-13(14-8)22-7-12(17)15-10-5-9(16(18)19)3-4-11(10)20-2/h3-6H,7H2,1-2H3,(H,15,17). The second-order valence-electron chi connectivity index (χ2n) is 4.23. The van der Waals surface area contributed by atoms with E-state index < -0.39 is 4.92 Å². The van der Waals surface area contributed by atoms with Crippen molar-refractivity contribution < 1.29 is 14.5 Å². The first-order valence-electron chi connectivity index (χ1n) is 6.17. The first-order chi connectivity index (χ1) is 10.5. The first-order valence-corrected chi connectivity index (χ1v) is 8.03. The Hall–Kier alpha value is -2.13. The van der Waals surface area contributed by atoms with Crippen molar-refractivity contribution in [2.75, 3.05) is 18.2 Å². The van der Waals surface area contributed by atoms with Crippen LogP contribution in [0.5, 0.6) is 5.75 Å². The van der Waals surface area contributed by atoms with E-state index in [1.165, 1.54) is 48.4 Å². The van der Waals surface area contributed by atoms with Crippen LogP contribution in [-0.2, 0) is 4.79 Å². The molecule has 22 heavy (non-hydrogen) atoms. The highest BCUT2D eigenvalue weighted by Gasteiger charge is 2.14. The summed E-state index contributed by atoms with van der Waals surface area (Å²) in [5, 5.41) is 15.3. The van der Waals surface area contributed by atoms with Crippen LogP contribution in [0.3, 0.4) is 0 Å². The quantitative estimate of drug-likeness (QED) is 0.494. The van der Waals surface area contributed by atoms with Crippen molar-refractivity contribution in [1.29, 1.82) is 0 Å². The van der Waals surface area contributed by atoms with E-state index in [0.717, 1.165) is 10.0 Å². The third kappa shape index (κ3) is 4.18. The number of thioether (sulfide) groups is 1. The van der Waals surface area contributed by atoms with E-state index in [2.05, 4.69) is 10.3 Å². The van der Waals surface area contributed by atoms with Gasteiger partial charge in [0.05, 0.1) is 23.5 Å². The predicted octanol–water partition coefficient (Wildman–Crippen LogP) is 3.10. The Morgan fingerprint density at radius 1 is 1.55 bits per heavy atom.